The highest BCUT2D eigenvalue weighted by Gasteiger charge is 2.09. The van der Waals surface area contributed by atoms with Crippen molar-refractivity contribution in [2.24, 2.45) is 0 Å². The third-order valence-electron chi connectivity index (χ3n) is 3.02. The molecule has 2 nitrogen and oxygen atoms in total. The number of rotatable bonds is 3. The molecular weight excluding hydrogens is 320 g/mol. The predicted octanol–water partition coefficient (Wildman–Crippen LogP) is 5.23. The molecule has 0 radical (unpaired) electrons. The van der Waals surface area contributed by atoms with Gasteiger partial charge in [0, 0.05) is 20.9 Å². The highest BCUT2D eigenvalue weighted by molar-refractivity contribution is 9.10. The van der Waals surface area contributed by atoms with Crippen molar-refractivity contribution in [1.82, 2.24) is 4.98 Å². The average molecular weight is 333 g/mol. The Balaban J connectivity index is 1.97. The normalized spacial score (nSPS) is 12.5. The van der Waals surface area contributed by atoms with Crippen LogP contribution in [-0.2, 0) is 0 Å². The molecule has 1 aromatic carbocycles. The van der Waals surface area contributed by atoms with Crippen molar-refractivity contribution >= 4 is 43.9 Å². The third-order valence-corrected chi connectivity index (χ3v) is 4.51. The Hall–Kier alpha value is -1.39. The van der Waals surface area contributed by atoms with E-state index >= 15 is 0 Å². The van der Waals surface area contributed by atoms with Crippen LogP contribution in [0.2, 0.25) is 0 Å². The molecule has 3 rings (SSSR count). The van der Waals surface area contributed by atoms with Gasteiger partial charge in [0.05, 0.1) is 17.2 Å². The second-order valence-electron chi connectivity index (χ2n) is 4.41. The van der Waals surface area contributed by atoms with Crippen molar-refractivity contribution in [3.05, 3.63) is 57.3 Å². The van der Waals surface area contributed by atoms with Crippen molar-refractivity contribution in [2.75, 3.05) is 5.32 Å². The molecule has 1 unspecified atom stereocenters. The van der Waals surface area contributed by atoms with E-state index in [2.05, 4.69) is 74.9 Å². The molecule has 4 heteroatoms. The number of benzene rings is 1. The van der Waals surface area contributed by atoms with Gasteiger partial charge in [-0.1, -0.05) is 18.2 Å². The van der Waals surface area contributed by atoms with E-state index in [0.717, 1.165) is 21.1 Å². The zero-order chi connectivity index (χ0) is 13.2. The number of anilines is 1. The molecule has 2 heterocycles. The lowest BCUT2D eigenvalue weighted by Gasteiger charge is -2.15. The van der Waals surface area contributed by atoms with Gasteiger partial charge < -0.3 is 5.32 Å². The Morgan fingerprint density at radius 2 is 2.16 bits per heavy atom. The Labute approximate surface area is 124 Å². The van der Waals surface area contributed by atoms with E-state index in [1.54, 1.807) is 11.3 Å². The van der Waals surface area contributed by atoms with Crippen LogP contribution in [0.1, 0.15) is 17.8 Å². The van der Waals surface area contributed by atoms with Crippen molar-refractivity contribution in [2.45, 2.75) is 13.0 Å². The maximum atomic E-state index is 4.51. The lowest BCUT2D eigenvalue weighted by molar-refractivity contribution is 0.909. The zero-order valence-corrected chi connectivity index (χ0v) is 12.8. The fraction of sp³-hybridized carbons (Fsp3) is 0.133. The summed E-state index contributed by atoms with van der Waals surface area (Å²) >= 11 is 5.23. The fourth-order valence-corrected chi connectivity index (χ4v) is 3.18. The highest BCUT2D eigenvalue weighted by Crippen LogP contribution is 2.28. The number of thiophene rings is 1. The number of hydrogen-bond acceptors (Lipinski definition) is 3. The van der Waals surface area contributed by atoms with Crippen molar-refractivity contribution in [3.63, 3.8) is 0 Å². The molecule has 0 amide bonds. The summed E-state index contributed by atoms with van der Waals surface area (Å²) in [5.74, 6) is 0. The number of halogens is 1. The highest BCUT2D eigenvalue weighted by atomic mass is 79.9. The van der Waals surface area contributed by atoms with Crippen LogP contribution >= 0.6 is 27.3 Å². The molecule has 3 aromatic rings. The Kier molecular flexibility index (Phi) is 3.53. The molecule has 19 heavy (non-hydrogen) atoms. The Morgan fingerprint density at radius 1 is 1.26 bits per heavy atom. The number of pyridine rings is 1. The van der Waals surface area contributed by atoms with Crippen LogP contribution in [0, 0.1) is 0 Å². The molecule has 96 valence electrons. The van der Waals surface area contributed by atoms with Gasteiger partial charge in [-0.15, -0.1) is 11.3 Å². The van der Waals surface area contributed by atoms with E-state index < -0.39 is 0 Å². The lowest BCUT2D eigenvalue weighted by atomic mass is 10.1. The minimum atomic E-state index is 0.288. The molecule has 0 bridgehead atoms. The van der Waals surface area contributed by atoms with Gasteiger partial charge in [0.1, 0.15) is 0 Å². The first-order valence-corrected chi connectivity index (χ1v) is 7.75. The van der Waals surface area contributed by atoms with Crippen LogP contribution in [0.15, 0.2) is 52.4 Å². The van der Waals surface area contributed by atoms with E-state index in [1.165, 1.54) is 4.88 Å². The molecule has 0 fully saturated rings. The number of aromatic nitrogens is 1. The van der Waals surface area contributed by atoms with Gasteiger partial charge in [-0.2, -0.15) is 0 Å². The summed E-state index contributed by atoms with van der Waals surface area (Å²) in [5.41, 5.74) is 2.08. The quantitative estimate of drug-likeness (QED) is 0.710. The van der Waals surface area contributed by atoms with Gasteiger partial charge in [-0.05, 0) is 46.4 Å². The molecule has 0 aliphatic heterocycles. The molecule has 0 aliphatic rings. The number of fused-ring (bicyclic) bond motifs is 1. The van der Waals surface area contributed by atoms with E-state index in [4.69, 9.17) is 0 Å². The van der Waals surface area contributed by atoms with Crippen LogP contribution in [0.3, 0.4) is 0 Å². The van der Waals surface area contributed by atoms with Gasteiger partial charge >= 0.3 is 0 Å². The van der Waals surface area contributed by atoms with Crippen LogP contribution < -0.4 is 5.32 Å². The third kappa shape index (κ3) is 2.65. The number of nitrogens with one attached hydrogen (secondary N) is 1. The summed E-state index contributed by atoms with van der Waals surface area (Å²) in [6.45, 7) is 2.17. The molecule has 0 aliphatic carbocycles. The number of nitrogens with zero attached hydrogens (tertiary/aromatic N) is 1. The summed E-state index contributed by atoms with van der Waals surface area (Å²) < 4.78 is 1.00. The van der Waals surface area contributed by atoms with Crippen LogP contribution in [0.5, 0.6) is 0 Å². The Morgan fingerprint density at radius 3 is 2.95 bits per heavy atom. The van der Waals surface area contributed by atoms with E-state index in [1.807, 2.05) is 6.20 Å². The first-order valence-electron chi connectivity index (χ1n) is 6.08. The summed E-state index contributed by atoms with van der Waals surface area (Å²) in [6.07, 6.45) is 1.84. The maximum Gasteiger partial charge on any atom is 0.0934 e. The topological polar surface area (TPSA) is 24.9 Å². The van der Waals surface area contributed by atoms with Crippen LogP contribution in [-0.4, -0.2) is 4.98 Å². The number of hydrogen-bond donors (Lipinski definition) is 1. The smallest absolute Gasteiger partial charge is 0.0934 e. The van der Waals surface area contributed by atoms with Crippen molar-refractivity contribution < 1.29 is 0 Å². The molecule has 0 saturated carbocycles. The average Bonchev–Trinajstić information content (AvgIpc) is 2.92. The minimum Gasteiger partial charge on any atom is -0.376 e. The van der Waals surface area contributed by atoms with Gasteiger partial charge in [0.15, 0.2) is 0 Å². The predicted molar refractivity (Wildman–Crippen MR) is 85.8 cm³/mol. The molecular formula is C15H13BrN2S. The molecule has 0 saturated heterocycles. The van der Waals surface area contributed by atoms with E-state index in [-0.39, 0.29) is 6.04 Å². The standard InChI is InChI=1S/C15H13BrN2S/c1-10(14-6-3-7-19-14)18-13-5-2-4-11-8-12(16)9-17-15(11)13/h2-10,18H,1H3. The maximum absolute atomic E-state index is 4.51. The van der Waals surface area contributed by atoms with Crippen molar-refractivity contribution in [1.29, 1.82) is 0 Å². The van der Waals surface area contributed by atoms with Crippen molar-refractivity contribution in [3.8, 4) is 0 Å². The van der Waals surface area contributed by atoms with Gasteiger partial charge in [-0.3, -0.25) is 4.98 Å². The largest absolute Gasteiger partial charge is 0.376 e. The van der Waals surface area contributed by atoms with Crippen LogP contribution in [0.4, 0.5) is 5.69 Å². The van der Waals surface area contributed by atoms with Crippen LogP contribution in [0.25, 0.3) is 10.9 Å². The number of para-hydroxylation sites is 1. The summed E-state index contributed by atoms with van der Waals surface area (Å²) in [6, 6.07) is 12.8. The Bertz CT molecular complexity index is 694. The summed E-state index contributed by atoms with van der Waals surface area (Å²) in [7, 11) is 0. The van der Waals surface area contributed by atoms with Gasteiger partial charge in [0.2, 0.25) is 0 Å². The molecule has 1 atom stereocenters. The van der Waals surface area contributed by atoms with E-state index in [0.29, 0.717) is 0 Å². The first kappa shape index (κ1) is 12.6. The fourth-order valence-electron chi connectivity index (χ4n) is 2.09. The molecule has 1 N–H and O–H groups in total. The van der Waals surface area contributed by atoms with Gasteiger partial charge in [0.25, 0.3) is 0 Å². The minimum absolute atomic E-state index is 0.288. The molecule has 2 aromatic heterocycles. The van der Waals surface area contributed by atoms with Gasteiger partial charge in [-0.25, -0.2) is 0 Å². The summed E-state index contributed by atoms with van der Waals surface area (Å²) in [4.78, 5) is 5.84. The first-order chi connectivity index (χ1) is 9.24. The second kappa shape index (κ2) is 5.31. The van der Waals surface area contributed by atoms with E-state index in [9.17, 15) is 0 Å². The summed E-state index contributed by atoms with van der Waals surface area (Å²) in [5, 5.41) is 6.78. The lowest BCUT2D eigenvalue weighted by Crippen LogP contribution is -2.05. The SMILES string of the molecule is CC(Nc1cccc2cc(Br)cnc12)c1cccs1. The zero-order valence-electron chi connectivity index (χ0n) is 10.4. The molecule has 0 spiro atoms. The second-order valence-corrected chi connectivity index (χ2v) is 6.31. The monoisotopic (exact) mass is 332 g/mol.